The molecule has 0 unspecified atom stereocenters. The number of aromatic nitrogens is 2. The lowest BCUT2D eigenvalue weighted by molar-refractivity contribution is 0.528. The van der Waals surface area contributed by atoms with E-state index < -0.39 is 0 Å². The molecule has 0 bridgehead atoms. The fraction of sp³-hybridized carbons (Fsp3) is 0.500. The summed E-state index contributed by atoms with van der Waals surface area (Å²) in [6, 6.07) is 2.34. The van der Waals surface area contributed by atoms with Gasteiger partial charge in [-0.3, -0.25) is 9.36 Å². The number of aryl methyl sites for hydroxylation is 1. The number of nitrogens with one attached hydrogen (secondary N) is 1. The smallest absolute Gasteiger partial charge is 0.262 e. The molecule has 2 aromatic heterocycles. The van der Waals surface area contributed by atoms with Crippen molar-refractivity contribution in [1.29, 1.82) is 0 Å². The van der Waals surface area contributed by atoms with Crippen molar-refractivity contribution in [3.05, 3.63) is 28.1 Å². The summed E-state index contributed by atoms with van der Waals surface area (Å²) in [5.74, 6) is 0. The molecule has 17 heavy (non-hydrogen) atoms. The Morgan fingerprint density at radius 2 is 2.35 bits per heavy atom. The predicted octanol–water partition coefficient (Wildman–Crippen LogP) is 1.85. The molecule has 0 aromatic carbocycles. The van der Waals surface area contributed by atoms with Crippen molar-refractivity contribution < 1.29 is 0 Å². The molecule has 4 nitrogen and oxygen atoms in total. The van der Waals surface area contributed by atoms with Gasteiger partial charge in [-0.15, -0.1) is 11.3 Å². The number of nitrogens with zero attached hydrogens (tertiary/aromatic N) is 2. The molecule has 0 amide bonds. The Balaban J connectivity index is 2.04. The zero-order valence-corrected chi connectivity index (χ0v) is 11.0. The Labute approximate surface area is 104 Å². The summed E-state index contributed by atoms with van der Waals surface area (Å²) in [4.78, 5) is 17.1. The van der Waals surface area contributed by atoms with Gasteiger partial charge in [-0.2, -0.15) is 0 Å². The van der Waals surface area contributed by atoms with Crippen molar-refractivity contribution in [2.75, 3.05) is 6.54 Å². The SMILES string of the molecule is CC(C)NCCCn1cnc2sccc2c1=O. The first-order chi connectivity index (χ1) is 8.18. The van der Waals surface area contributed by atoms with E-state index >= 15 is 0 Å². The lowest BCUT2D eigenvalue weighted by Crippen LogP contribution is -2.26. The van der Waals surface area contributed by atoms with Gasteiger partial charge in [0.25, 0.3) is 5.56 Å². The van der Waals surface area contributed by atoms with Crippen molar-refractivity contribution in [3.8, 4) is 0 Å². The molecule has 0 aliphatic rings. The highest BCUT2D eigenvalue weighted by Gasteiger charge is 2.04. The molecule has 0 saturated heterocycles. The van der Waals surface area contributed by atoms with E-state index in [0.29, 0.717) is 6.04 Å². The van der Waals surface area contributed by atoms with Crippen LogP contribution in [-0.2, 0) is 6.54 Å². The van der Waals surface area contributed by atoms with E-state index in [0.717, 1.165) is 29.7 Å². The number of hydrogen-bond acceptors (Lipinski definition) is 4. The van der Waals surface area contributed by atoms with Crippen molar-refractivity contribution in [2.24, 2.45) is 0 Å². The quantitative estimate of drug-likeness (QED) is 0.825. The van der Waals surface area contributed by atoms with Crippen LogP contribution in [0.2, 0.25) is 0 Å². The van der Waals surface area contributed by atoms with Gasteiger partial charge in [-0.25, -0.2) is 4.98 Å². The summed E-state index contributed by atoms with van der Waals surface area (Å²) in [5, 5.41) is 5.97. The van der Waals surface area contributed by atoms with Crippen LogP contribution in [0.1, 0.15) is 20.3 Å². The highest BCUT2D eigenvalue weighted by atomic mass is 32.1. The van der Waals surface area contributed by atoms with Crippen LogP contribution in [-0.4, -0.2) is 22.1 Å². The monoisotopic (exact) mass is 251 g/mol. The normalized spacial score (nSPS) is 11.5. The zero-order valence-electron chi connectivity index (χ0n) is 10.1. The maximum Gasteiger partial charge on any atom is 0.262 e. The van der Waals surface area contributed by atoms with E-state index in [2.05, 4.69) is 24.1 Å². The van der Waals surface area contributed by atoms with Gasteiger partial charge in [0.2, 0.25) is 0 Å². The Hall–Kier alpha value is -1.20. The van der Waals surface area contributed by atoms with Crippen LogP contribution in [0, 0.1) is 0 Å². The third kappa shape index (κ3) is 2.92. The molecule has 2 heterocycles. The molecule has 0 radical (unpaired) electrons. The average Bonchev–Trinajstić information content (AvgIpc) is 2.75. The highest BCUT2D eigenvalue weighted by molar-refractivity contribution is 7.16. The summed E-state index contributed by atoms with van der Waals surface area (Å²) in [7, 11) is 0. The van der Waals surface area contributed by atoms with E-state index in [1.54, 1.807) is 10.9 Å². The topological polar surface area (TPSA) is 46.9 Å². The zero-order chi connectivity index (χ0) is 12.3. The lowest BCUT2D eigenvalue weighted by atomic mass is 10.3. The third-order valence-corrected chi connectivity index (χ3v) is 3.40. The van der Waals surface area contributed by atoms with Crippen LogP contribution in [0.4, 0.5) is 0 Å². The summed E-state index contributed by atoms with van der Waals surface area (Å²) in [6.45, 7) is 5.87. The molecule has 0 spiro atoms. The van der Waals surface area contributed by atoms with Crippen molar-refractivity contribution in [1.82, 2.24) is 14.9 Å². The number of fused-ring (bicyclic) bond motifs is 1. The van der Waals surface area contributed by atoms with Crippen LogP contribution in [0.3, 0.4) is 0 Å². The lowest BCUT2D eigenvalue weighted by Gasteiger charge is -2.08. The van der Waals surface area contributed by atoms with Crippen LogP contribution in [0.5, 0.6) is 0 Å². The molecule has 1 N–H and O–H groups in total. The number of thiophene rings is 1. The van der Waals surface area contributed by atoms with Gasteiger partial charge < -0.3 is 5.32 Å². The summed E-state index contributed by atoms with van der Waals surface area (Å²) >= 11 is 1.51. The minimum Gasteiger partial charge on any atom is -0.314 e. The number of hydrogen-bond donors (Lipinski definition) is 1. The summed E-state index contributed by atoms with van der Waals surface area (Å²) in [6.07, 6.45) is 2.59. The minimum atomic E-state index is 0.0702. The number of rotatable bonds is 5. The summed E-state index contributed by atoms with van der Waals surface area (Å²) in [5.41, 5.74) is 0.0702. The molecule has 0 saturated carbocycles. The first kappa shape index (κ1) is 12.3. The predicted molar refractivity (Wildman–Crippen MR) is 71.6 cm³/mol. The van der Waals surface area contributed by atoms with Gasteiger partial charge >= 0.3 is 0 Å². The van der Waals surface area contributed by atoms with Gasteiger partial charge in [0, 0.05) is 12.6 Å². The second kappa shape index (κ2) is 5.42. The van der Waals surface area contributed by atoms with E-state index in [1.807, 2.05) is 11.4 Å². The second-order valence-corrected chi connectivity index (χ2v) is 5.24. The van der Waals surface area contributed by atoms with E-state index in [-0.39, 0.29) is 5.56 Å². The maximum absolute atomic E-state index is 12.0. The molecule has 2 aromatic rings. The van der Waals surface area contributed by atoms with Gasteiger partial charge in [0.15, 0.2) is 0 Å². The molecule has 2 rings (SSSR count). The largest absolute Gasteiger partial charge is 0.314 e. The maximum atomic E-state index is 12.0. The van der Waals surface area contributed by atoms with Crippen LogP contribution in [0.25, 0.3) is 10.2 Å². The van der Waals surface area contributed by atoms with E-state index in [1.165, 1.54) is 11.3 Å². The molecule has 0 aliphatic carbocycles. The Bertz CT molecular complexity index is 544. The van der Waals surface area contributed by atoms with Crippen LogP contribution < -0.4 is 10.9 Å². The molecular formula is C12H17N3OS. The Morgan fingerprint density at radius 1 is 1.53 bits per heavy atom. The summed E-state index contributed by atoms with van der Waals surface area (Å²) < 4.78 is 1.69. The van der Waals surface area contributed by atoms with Gasteiger partial charge in [0.05, 0.1) is 11.7 Å². The Kier molecular flexibility index (Phi) is 3.91. The second-order valence-electron chi connectivity index (χ2n) is 4.34. The van der Waals surface area contributed by atoms with Gasteiger partial charge in [-0.05, 0) is 24.4 Å². The molecule has 0 aliphatic heterocycles. The fourth-order valence-electron chi connectivity index (χ4n) is 1.69. The first-order valence-electron chi connectivity index (χ1n) is 5.84. The van der Waals surface area contributed by atoms with Gasteiger partial charge in [-0.1, -0.05) is 13.8 Å². The molecule has 0 fully saturated rings. The van der Waals surface area contributed by atoms with Gasteiger partial charge in [0.1, 0.15) is 4.83 Å². The molecule has 92 valence electrons. The highest BCUT2D eigenvalue weighted by Crippen LogP contribution is 2.13. The fourth-order valence-corrected chi connectivity index (χ4v) is 2.42. The van der Waals surface area contributed by atoms with Crippen LogP contribution in [0.15, 0.2) is 22.6 Å². The van der Waals surface area contributed by atoms with Crippen LogP contribution >= 0.6 is 11.3 Å². The third-order valence-electron chi connectivity index (χ3n) is 2.58. The molecule has 5 heteroatoms. The minimum absolute atomic E-state index is 0.0702. The standard InChI is InChI=1S/C12H17N3OS/c1-9(2)13-5-3-6-15-8-14-11-10(12(15)16)4-7-17-11/h4,7-9,13H,3,5-6H2,1-2H3. The van der Waals surface area contributed by atoms with Crippen molar-refractivity contribution >= 4 is 21.6 Å². The van der Waals surface area contributed by atoms with Crippen molar-refractivity contribution in [3.63, 3.8) is 0 Å². The Morgan fingerprint density at radius 3 is 3.12 bits per heavy atom. The molecule has 0 atom stereocenters. The molecular weight excluding hydrogens is 234 g/mol. The van der Waals surface area contributed by atoms with E-state index in [9.17, 15) is 4.79 Å². The van der Waals surface area contributed by atoms with E-state index in [4.69, 9.17) is 0 Å². The first-order valence-corrected chi connectivity index (χ1v) is 6.72. The average molecular weight is 251 g/mol. The van der Waals surface area contributed by atoms with Crippen molar-refractivity contribution in [2.45, 2.75) is 32.9 Å².